The minimum atomic E-state index is -0.401. The van der Waals surface area contributed by atoms with Crippen LogP contribution in [0.3, 0.4) is 0 Å². The number of hydrogen-bond donors (Lipinski definition) is 2. The number of aliphatic hydroxyl groups is 1. The molecule has 0 spiro atoms. The Labute approximate surface area is 114 Å². The lowest BCUT2D eigenvalue weighted by molar-refractivity contribution is 0.0599. The molecule has 0 radical (unpaired) electrons. The number of aliphatic hydroxyl groups excluding tert-OH is 1. The highest BCUT2D eigenvalue weighted by Gasteiger charge is 2.11. The minimum absolute atomic E-state index is 0.392. The maximum Gasteiger partial charge on any atom is 0.339 e. The molecule has 2 N–H and O–H groups in total. The number of pyridine rings is 1. The fraction of sp³-hybridized carbons (Fsp3) is 0.571. The molecular weight excluding hydrogens is 244 g/mol. The molecule has 0 fully saturated rings. The van der Waals surface area contributed by atoms with Gasteiger partial charge in [-0.3, -0.25) is 0 Å². The number of ether oxygens (including phenoxy) is 1. The molecule has 0 aliphatic carbocycles. The Balaban J connectivity index is 2.61. The number of aryl methyl sites for hydroxylation is 1. The van der Waals surface area contributed by atoms with Crippen molar-refractivity contribution in [3.05, 3.63) is 23.4 Å². The van der Waals surface area contributed by atoms with E-state index < -0.39 is 12.1 Å². The molecule has 1 aromatic rings. The van der Waals surface area contributed by atoms with Gasteiger partial charge in [-0.2, -0.15) is 0 Å². The first-order valence-electron chi connectivity index (χ1n) is 6.42. The van der Waals surface area contributed by atoms with Crippen LogP contribution in [0.1, 0.15) is 36.3 Å². The number of carbonyl (C=O) groups excluding carboxylic acids is 1. The second-order valence-electron chi connectivity index (χ2n) is 4.99. The van der Waals surface area contributed by atoms with Gasteiger partial charge in [0.1, 0.15) is 5.82 Å². The zero-order chi connectivity index (χ0) is 14.4. The number of hydrogen-bond acceptors (Lipinski definition) is 5. The average Bonchev–Trinajstić information content (AvgIpc) is 2.35. The number of anilines is 1. The van der Waals surface area contributed by atoms with E-state index in [9.17, 15) is 9.90 Å². The summed E-state index contributed by atoms with van der Waals surface area (Å²) in [5.41, 5.74) is 1.06. The van der Waals surface area contributed by atoms with Gasteiger partial charge in [0.15, 0.2) is 0 Å². The van der Waals surface area contributed by atoms with Gasteiger partial charge < -0.3 is 15.2 Å². The van der Waals surface area contributed by atoms with Crippen molar-refractivity contribution in [2.75, 3.05) is 19.0 Å². The van der Waals surface area contributed by atoms with Crippen LogP contribution in [0, 0.1) is 12.8 Å². The van der Waals surface area contributed by atoms with Crippen molar-refractivity contribution < 1.29 is 14.6 Å². The number of aromatic nitrogens is 1. The minimum Gasteiger partial charge on any atom is -0.465 e. The molecule has 5 nitrogen and oxygen atoms in total. The fourth-order valence-corrected chi connectivity index (χ4v) is 1.84. The third-order valence-electron chi connectivity index (χ3n) is 2.75. The first-order valence-corrected chi connectivity index (χ1v) is 6.42. The van der Waals surface area contributed by atoms with Gasteiger partial charge >= 0.3 is 5.97 Å². The van der Waals surface area contributed by atoms with E-state index >= 15 is 0 Å². The molecule has 1 atom stereocenters. The van der Waals surface area contributed by atoms with Gasteiger partial charge in [0.2, 0.25) is 0 Å². The van der Waals surface area contributed by atoms with Crippen molar-refractivity contribution in [2.45, 2.75) is 33.3 Å². The number of nitrogens with zero attached hydrogens (tertiary/aromatic N) is 1. The predicted octanol–water partition coefficient (Wildman–Crippen LogP) is 2.00. The zero-order valence-electron chi connectivity index (χ0n) is 11.9. The SMILES string of the molecule is COC(=O)c1ccc(NCC(O)CC(C)C)nc1C. The van der Waals surface area contributed by atoms with Crippen molar-refractivity contribution in [2.24, 2.45) is 5.92 Å². The van der Waals surface area contributed by atoms with E-state index in [0.29, 0.717) is 29.5 Å². The molecule has 0 aliphatic heterocycles. The Bertz CT molecular complexity index is 433. The maximum absolute atomic E-state index is 11.4. The number of methoxy groups -OCH3 is 1. The van der Waals surface area contributed by atoms with E-state index in [1.165, 1.54) is 7.11 Å². The van der Waals surface area contributed by atoms with Crippen LogP contribution in [0.4, 0.5) is 5.82 Å². The molecule has 1 rings (SSSR count). The van der Waals surface area contributed by atoms with Gasteiger partial charge in [-0.15, -0.1) is 0 Å². The molecule has 1 heterocycles. The molecule has 0 saturated carbocycles. The molecule has 0 aromatic carbocycles. The second kappa shape index (κ2) is 7.09. The van der Waals surface area contributed by atoms with Crippen LogP contribution < -0.4 is 5.32 Å². The normalized spacial score (nSPS) is 12.3. The van der Waals surface area contributed by atoms with Gasteiger partial charge in [-0.25, -0.2) is 9.78 Å². The summed E-state index contributed by atoms with van der Waals surface area (Å²) in [7, 11) is 1.34. The Morgan fingerprint density at radius 1 is 1.47 bits per heavy atom. The van der Waals surface area contributed by atoms with Crippen LogP contribution in [0.25, 0.3) is 0 Å². The molecular formula is C14H22N2O3. The van der Waals surface area contributed by atoms with Crippen molar-refractivity contribution in [3.63, 3.8) is 0 Å². The van der Waals surface area contributed by atoms with Gasteiger partial charge in [0.05, 0.1) is 24.5 Å². The second-order valence-corrected chi connectivity index (χ2v) is 4.99. The Morgan fingerprint density at radius 2 is 2.16 bits per heavy atom. The van der Waals surface area contributed by atoms with Crippen LogP contribution in [-0.4, -0.2) is 35.8 Å². The third-order valence-corrected chi connectivity index (χ3v) is 2.75. The highest BCUT2D eigenvalue weighted by molar-refractivity contribution is 5.90. The third kappa shape index (κ3) is 4.87. The summed E-state index contributed by atoms with van der Waals surface area (Å²) in [6.07, 6.45) is 0.342. The van der Waals surface area contributed by atoms with Gasteiger partial charge in [0, 0.05) is 6.54 Å². The van der Waals surface area contributed by atoms with Crippen molar-refractivity contribution in [3.8, 4) is 0 Å². The van der Waals surface area contributed by atoms with E-state index in [0.717, 1.165) is 6.42 Å². The molecule has 0 saturated heterocycles. The smallest absolute Gasteiger partial charge is 0.339 e. The first kappa shape index (κ1) is 15.4. The molecule has 1 unspecified atom stereocenters. The molecule has 5 heteroatoms. The van der Waals surface area contributed by atoms with Gasteiger partial charge in [-0.05, 0) is 31.4 Å². The van der Waals surface area contributed by atoms with Crippen LogP contribution in [0.15, 0.2) is 12.1 Å². The molecule has 1 aromatic heterocycles. The van der Waals surface area contributed by atoms with E-state index in [-0.39, 0.29) is 0 Å². The van der Waals surface area contributed by atoms with Crippen LogP contribution >= 0.6 is 0 Å². The van der Waals surface area contributed by atoms with Gasteiger partial charge in [-0.1, -0.05) is 13.8 Å². The van der Waals surface area contributed by atoms with Crippen molar-refractivity contribution >= 4 is 11.8 Å². The standard InChI is InChI=1S/C14H22N2O3/c1-9(2)7-11(17)8-15-13-6-5-12(10(3)16-13)14(18)19-4/h5-6,9,11,17H,7-8H2,1-4H3,(H,15,16). The Morgan fingerprint density at radius 3 is 2.68 bits per heavy atom. The average molecular weight is 266 g/mol. The summed E-state index contributed by atoms with van der Waals surface area (Å²) in [6.45, 7) is 6.33. The quantitative estimate of drug-likeness (QED) is 0.770. The van der Waals surface area contributed by atoms with E-state index in [2.05, 4.69) is 28.9 Å². The summed E-state index contributed by atoms with van der Waals surface area (Å²) >= 11 is 0. The lowest BCUT2D eigenvalue weighted by Crippen LogP contribution is -2.22. The molecule has 0 bridgehead atoms. The summed E-state index contributed by atoms with van der Waals surface area (Å²) < 4.78 is 4.66. The number of esters is 1. The van der Waals surface area contributed by atoms with Crippen LogP contribution in [-0.2, 0) is 4.74 Å². The summed E-state index contributed by atoms with van der Waals surface area (Å²) in [4.78, 5) is 15.7. The molecule has 0 aliphatic rings. The lowest BCUT2D eigenvalue weighted by Gasteiger charge is -2.14. The summed E-state index contributed by atoms with van der Waals surface area (Å²) in [5, 5.41) is 12.8. The summed E-state index contributed by atoms with van der Waals surface area (Å²) in [5.74, 6) is 0.706. The number of rotatable bonds is 6. The lowest BCUT2D eigenvalue weighted by atomic mass is 10.1. The fourth-order valence-electron chi connectivity index (χ4n) is 1.84. The number of nitrogens with one attached hydrogen (secondary N) is 1. The van der Waals surface area contributed by atoms with E-state index in [1.807, 2.05) is 0 Å². The topological polar surface area (TPSA) is 71.5 Å². The van der Waals surface area contributed by atoms with E-state index in [4.69, 9.17) is 0 Å². The molecule has 106 valence electrons. The predicted molar refractivity (Wildman–Crippen MR) is 74.3 cm³/mol. The maximum atomic E-state index is 11.4. The summed E-state index contributed by atoms with van der Waals surface area (Å²) in [6, 6.07) is 3.38. The van der Waals surface area contributed by atoms with Crippen LogP contribution in [0.2, 0.25) is 0 Å². The largest absolute Gasteiger partial charge is 0.465 e. The highest BCUT2D eigenvalue weighted by Crippen LogP contribution is 2.12. The molecule has 0 amide bonds. The number of carbonyl (C=O) groups is 1. The zero-order valence-corrected chi connectivity index (χ0v) is 11.9. The molecule has 19 heavy (non-hydrogen) atoms. The Hall–Kier alpha value is -1.62. The monoisotopic (exact) mass is 266 g/mol. The van der Waals surface area contributed by atoms with Crippen LogP contribution in [0.5, 0.6) is 0 Å². The van der Waals surface area contributed by atoms with Crippen molar-refractivity contribution in [1.29, 1.82) is 0 Å². The Kier molecular flexibility index (Phi) is 5.76. The van der Waals surface area contributed by atoms with E-state index in [1.54, 1.807) is 19.1 Å². The van der Waals surface area contributed by atoms with Gasteiger partial charge in [0.25, 0.3) is 0 Å². The first-order chi connectivity index (χ1) is 8.93. The van der Waals surface area contributed by atoms with Crippen molar-refractivity contribution in [1.82, 2.24) is 4.98 Å². The highest BCUT2D eigenvalue weighted by atomic mass is 16.5.